The fourth-order valence-corrected chi connectivity index (χ4v) is 1.95. The third-order valence-corrected chi connectivity index (χ3v) is 3.03. The monoisotopic (exact) mass is 304 g/mol. The molecule has 0 N–H and O–H groups in total. The van der Waals surface area contributed by atoms with Gasteiger partial charge in [0, 0.05) is 5.02 Å². The van der Waals surface area contributed by atoms with Gasteiger partial charge < -0.3 is 9.47 Å². The van der Waals surface area contributed by atoms with Crippen LogP contribution in [0.3, 0.4) is 0 Å². The van der Waals surface area contributed by atoms with Crippen molar-refractivity contribution in [3.63, 3.8) is 0 Å². The SMILES string of the molecule is CCCCCCOC(=O)COc1ccc(Cl)cc1Cl. The topological polar surface area (TPSA) is 35.5 Å². The first-order valence-electron chi connectivity index (χ1n) is 6.37. The van der Waals surface area contributed by atoms with E-state index in [4.69, 9.17) is 32.7 Å². The molecule has 0 aliphatic rings. The van der Waals surface area contributed by atoms with Crippen LogP contribution in [0.25, 0.3) is 0 Å². The summed E-state index contributed by atoms with van der Waals surface area (Å²) in [4.78, 5) is 11.4. The van der Waals surface area contributed by atoms with Crippen LogP contribution in [0, 0.1) is 0 Å². The fourth-order valence-electron chi connectivity index (χ4n) is 1.49. The van der Waals surface area contributed by atoms with Crippen molar-refractivity contribution in [3.05, 3.63) is 28.2 Å². The zero-order valence-corrected chi connectivity index (χ0v) is 12.5. The van der Waals surface area contributed by atoms with Crippen LogP contribution in [0.15, 0.2) is 18.2 Å². The van der Waals surface area contributed by atoms with Crippen molar-refractivity contribution in [2.24, 2.45) is 0 Å². The Hall–Kier alpha value is -0.930. The number of hydrogen-bond donors (Lipinski definition) is 0. The maximum atomic E-state index is 11.4. The molecule has 0 saturated carbocycles. The molecule has 3 nitrogen and oxygen atoms in total. The molecule has 1 rings (SSSR count). The highest BCUT2D eigenvalue weighted by Gasteiger charge is 2.07. The molecule has 0 saturated heterocycles. The van der Waals surface area contributed by atoms with E-state index >= 15 is 0 Å². The van der Waals surface area contributed by atoms with Crippen molar-refractivity contribution < 1.29 is 14.3 Å². The van der Waals surface area contributed by atoms with Gasteiger partial charge in [-0.05, 0) is 24.6 Å². The number of rotatable bonds is 8. The van der Waals surface area contributed by atoms with Gasteiger partial charge in [-0.15, -0.1) is 0 Å². The summed E-state index contributed by atoms with van der Waals surface area (Å²) in [7, 11) is 0. The quantitative estimate of drug-likeness (QED) is 0.524. The maximum absolute atomic E-state index is 11.4. The van der Waals surface area contributed by atoms with Crippen molar-refractivity contribution in [1.82, 2.24) is 0 Å². The van der Waals surface area contributed by atoms with Gasteiger partial charge in [0.15, 0.2) is 6.61 Å². The molecule has 0 spiro atoms. The Morgan fingerprint density at radius 2 is 2.00 bits per heavy atom. The number of carbonyl (C=O) groups is 1. The number of hydrogen-bond acceptors (Lipinski definition) is 3. The molecule has 0 aliphatic carbocycles. The average Bonchev–Trinajstić information content (AvgIpc) is 2.37. The molecule has 1 aromatic rings. The zero-order chi connectivity index (χ0) is 14.1. The minimum atomic E-state index is -0.387. The Morgan fingerprint density at radius 3 is 2.68 bits per heavy atom. The van der Waals surface area contributed by atoms with Gasteiger partial charge in [-0.3, -0.25) is 0 Å². The Kier molecular flexibility index (Phi) is 7.68. The van der Waals surface area contributed by atoms with Gasteiger partial charge in [-0.25, -0.2) is 4.79 Å². The van der Waals surface area contributed by atoms with Crippen molar-refractivity contribution in [2.75, 3.05) is 13.2 Å². The molecule has 0 aromatic heterocycles. The lowest BCUT2D eigenvalue weighted by molar-refractivity contribution is -0.146. The van der Waals surface area contributed by atoms with E-state index < -0.39 is 0 Å². The molecule has 106 valence electrons. The van der Waals surface area contributed by atoms with Crippen LogP contribution >= 0.6 is 23.2 Å². The Balaban J connectivity index is 2.22. The molecule has 1 aromatic carbocycles. The van der Waals surface area contributed by atoms with Crippen molar-refractivity contribution >= 4 is 29.2 Å². The van der Waals surface area contributed by atoms with E-state index in [2.05, 4.69) is 6.92 Å². The third kappa shape index (κ3) is 6.69. The molecule has 5 heteroatoms. The second kappa shape index (κ2) is 9.05. The first kappa shape index (κ1) is 16.1. The van der Waals surface area contributed by atoms with Gasteiger partial charge in [-0.2, -0.15) is 0 Å². The van der Waals surface area contributed by atoms with Crippen LogP contribution in [0.4, 0.5) is 0 Å². The summed E-state index contributed by atoms with van der Waals surface area (Å²) in [6, 6.07) is 4.84. The van der Waals surface area contributed by atoms with E-state index in [9.17, 15) is 4.79 Å². The van der Waals surface area contributed by atoms with E-state index in [0.29, 0.717) is 22.4 Å². The standard InChI is InChI=1S/C14H18Cl2O3/c1-2-3-4-5-8-18-14(17)10-19-13-7-6-11(15)9-12(13)16/h6-7,9H,2-5,8,10H2,1H3. The lowest BCUT2D eigenvalue weighted by Gasteiger charge is -2.08. The van der Waals surface area contributed by atoms with E-state index in [0.717, 1.165) is 25.7 Å². The Labute approximate surface area is 123 Å². The smallest absolute Gasteiger partial charge is 0.344 e. The van der Waals surface area contributed by atoms with Gasteiger partial charge in [0.1, 0.15) is 5.75 Å². The van der Waals surface area contributed by atoms with Crippen molar-refractivity contribution in [1.29, 1.82) is 0 Å². The van der Waals surface area contributed by atoms with Gasteiger partial charge in [0.25, 0.3) is 0 Å². The molecule has 0 atom stereocenters. The van der Waals surface area contributed by atoms with Gasteiger partial charge >= 0.3 is 5.97 Å². The summed E-state index contributed by atoms with van der Waals surface area (Å²) >= 11 is 11.7. The van der Waals surface area contributed by atoms with E-state index in [1.165, 1.54) is 0 Å². The predicted molar refractivity (Wildman–Crippen MR) is 77.1 cm³/mol. The van der Waals surface area contributed by atoms with Crippen molar-refractivity contribution in [2.45, 2.75) is 32.6 Å². The van der Waals surface area contributed by atoms with Gasteiger partial charge in [-0.1, -0.05) is 49.4 Å². The van der Waals surface area contributed by atoms with Crippen LogP contribution in [0.1, 0.15) is 32.6 Å². The summed E-state index contributed by atoms with van der Waals surface area (Å²) in [5.74, 6) is 0.0384. The molecular weight excluding hydrogens is 287 g/mol. The molecule has 0 bridgehead atoms. The maximum Gasteiger partial charge on any atom is 0.344 e. The van der Waals surface area contributed by atoms with Gasteiger partial charge in [0.05, 0.1) is 11.6 Å². The summed E-state index contributed by atoms with van der Waals surface area (Å²) in [5.41, 5.74) is 0. The molecule has 0 aliphatic heterocycles. The highest BCUT2D eigenvalue weighted by Crippen LogP contribution is 2.27. The lowest BCUT2D eigenvalue weighted by atomic mass is 10.2. The average molecular weight is 305 g/mol. The predicted octanol–water partition coefficient (Wildman–Crippen LogP) is 4.50. The Bertz CT molecular complexity index is 408. The summed E-state index contributed by atoms with van der Waals surface area (Å²) in [6.45, 7) is 2.43. The molecule has 0 radical (unpaired) electrons. The highest BCUT2D eigenvalue weighted by atomic mass is 35.5. The van der Waals surface area contributed by atoms with Crippen LogP contribution in [-0.4, -0.2) is 19.2 Å². The summed E-state index contributed by atoms with van der Waals surface area (Å²) in [5, 5.41) is 0.902. The number of halogens is 2. The third-order valence-electron chi connectivity index (χ3n) is 2.50. The second-order valence-electron chi connectivity index (χ2n) is 4.14. The lowest BCUT2D eigenvalue weighted by Crippen LogP contribution is -2.15. The van der Waals surface area contributed by atoms with Gasteiger partial charge in [0.2, 0.25) is 0 Å². The van der Waals surface area contributed by atoms with Crippen LogP contribution in [0.5, 0.6) is 5.75 Å². The molecule has 0 fully saturated rings. The first-order chi connectivity index (χ1) is 9.13. The fraction of sp³-hybridized carbons (Fsp3) is 0.500. The zero-order valence-electron chi connectivity index (χ0n) is 11.0. The number of benzene rings is 1. The Morgan fingerprint density at radius 1 is 1.21 bits per heavy atom. The second-order valence-corrected chi connectivity index (χ2v) is 4.99. The molecular formula is C14H18Cl2O3. The van der Waals surface area contributed by atoms with E-state index in [1.54, 1.807) is 18.2 Å². The minimum Gasteiger partial charge on any atom is -0.480 e. The largest absolute Gasteiger partial charge is 0.480 e. The van der Waals surface area contributed by atoms with Crippen molar-refractivity contribution in [3.8, 4) is 5.75 Å². The van der Waals surface area contributed by atoms with E-state index in [1.807, 2.05) is 0 Å². The molecule has 0 heterocycles. The van der Waals surface area contributed by atoms with Crippen LogP contribution in [0.2, 0.25) is 10.0 Å². The minimum absolute atomic E-state index is 0.144. The molecule has 0 unspecified atom stereocenters. The summed E-state index contributed by atoms with van der Waals surface area (Å²) in [6.07, 6.45) is 4.29. The number of carbonyl (C=O) groups excluding carboxylic acids is 1. The molecule has 19 heavy (non-hydrogen) atoms. The number of unbranched alkanes of at least 4 members (excludes halogenated alkanes) is 3. The normalized spacial score (nSPS) is 10.3. The number of esters is 1. The first-order valence-corrected chi connectivity index (χ1v) is 7.12. The van der Waals surface area contributed by atoms with Crippen LogP contribution in [-0.2, 0) is 9.53 Å². The summed E-state index contributed by atoms with van der Waals surface area (Å²) < 4.78 is 10.3. The molecule has 0 amide bonds. The van der Waals surface area contributed by atoms with E-state index in [-0.39, 0.29) is 12.6 Å². The van der Waals surface area contributed by atoms with Crippen LogP contribution < -0.4 is 4.74 Å². The highest BCUT2D eigenvalue weighted by molar-refractivity contribution is 6.35. The number of ether oxygens (including phenoxy) is 2.